The number of aryl methyl sites for hydroxylation is 1. The predicted molar refractivity (Wildman–Crippen MR) is 78.1 cm³/mol. The van der Waals surface area contributed by atoms with Crippen molar-refractivity contribution in [2.24, 2.45) is 0 Å². The number of oxazole rings is 1. The molecule has 2 heterocycles. The van der Waals surface area contributed by atoms with Crippen LogP contribution < -0.4 is 10.2 Å². The molecule has 0 saturated carbocycles. The van der Waals surface area contributed by atoms with E-state index >= 15 is 0 Å². The van der Waals surface area contributed by atoms with E-state index in [9.17, 15) is 0 Å². The highest BCUT2D eigenvalue weighted by Crippen LogP contribution is 2.29. The number of fused-ring (bicyclic) bond motifs is 1. The molecule has 1 saturated heterocycles. The number of rotatable bonds is 2. The van der Waals surface area contributed by atoms with Crippen molar-refractivity contribution >= 4 is 28.7 Å². The average Bonchev–Trinajstić information content (AvgIpc) is 2.81. The van der Waals surface area contributed by atoms with Crippen LogP contribution >= 0.6 is 11.6 Å². The van der Waals surface area contributed by atoms with Crippen molar-refractivity contribution in [2.45, 2.75) is 26.3 Å². The first kappa shape index (κ1) is 12.8. The highest BCUT2D eigenvalue weighted by Gasteiger charge is 2.23. The number of halogens is 1. The Labute approximate surface area is 117 Å². The molecule has 1 aromatic carbocycles. The fourth-order valence-corrected chi connectivity index (χ4v) is 2.80. The smallest absolute Gasteiger partial charge is 0.298 e. The number of nitrogens with one attached hydrogen (secondary N) is 1. The fraction of sp³-hybridized carbons (Fsp3) is 0.500. The Morgan fingerprint density at radius 2 is 2.37 bits per heavy atom. The number of aromatic nitrogens is 1. The summed E-state index contributed by atoms with van der Waals surface area (Å²) in [6, 6.07) is 4.93. The third kappa shape index (κ3) is 2.30. The second-order valence-electron chi connectivity index (χ2n) is 5.01. The van der Waals surface area contributed by atoms with Crippen LogP contribution in [0.4, 0.5) is 6.01 Å². The Kier molecular flexibility index (Phi) is 3.37. The first-order valence-electron chi connectivity index (χ1n) is 6.75. The van der Waals surface area contributed by atoms with E-state index in [-0.39, 0.29) is 0 Å². The maximum absolute atomic E-state index is 6.12. The van der Waals surface area contributed by atoms with Crippen molar-refractivity contribution in [3.8, 4) is 0 Å². The van der Waals surface area contributed by atoms with Crippen LogP contribution in [0.3, 0.4) is 0 Å². The minimum atomic E-state index is 0.391. The molecule has 102 valence electrons. The van der Waals surface area contributed by atoms with Gasteiger partial charge in [-0.1, -0.05) is 18.5 Å². The van der Waals surface area contributed by atoms with Gasteiger partial charge in [-0.3, -0.25) is 0 Å². The second-order valence-corrected chi connectivity index (χ2v) is 5.45. The van der Waals surface area contributed by atoms with Crippen LogP contribution in [0.2, 0.25) is 5.02 Å². The lowest BCUT2D eigenvalue weighted by Crippen LogP contribution is -2.50. The van der Waals surface area contributed by atoms with E-state index < -0.39 is 0 Å². The first-order valence-corrected chi connectivity index (χ1v) is 7.13. The van der Waals surface area contributed by atoms with Crippen LogP contribution in [0, 0.1) is 0 Å². The largest absolute Gasteiger partial charge is 0.423 e. The SMILES string of the molecule is CCc1cc(Cl)cc2nc(N3CCNC[C@@H]3C)oc12. The summed E-state index contributed by atoms with van der Waals surface area (Å²) in [4.78, 5) is 6.82. The van der Waals surface area contributed by atoms with Gasteiger partial charge >= 0.3 is 0 Å². The predicted octanol–water partition coefficient (Wildman–Crippen LogP) is 2.84. The molecular weight excluding hydrogens is 262 g/mol. The monoisotopic (exact) mass is 279 g/mol. The summed E-state index contributed by atoms with van der Waals surface area (Å²) in [6.07, 6.45) is 0.892. The molecule has 1 aliphatic heterocycles. The fourth-order valence-electron chi connectivity index (χ4n) is 2.56. The quantitative estimate of drug-likeness (QED) is 0.918. The third-order valence-electron chi connectivity index (χ3n) is 3.65. The van der Waals surface area contributed by atoms with E-state index in [0.29, 0.717) is 12.1 Å². The molecule has 4 nitrogen and oxygen atoms in total. The van der Waals surface area contributed by atoms with Gasteiger partial charge in [-0.25, -0.2) is 0 Å². The Balaban J connectivity index is 2.05. The van der Waals surface area contributed by atoms with Gasteiger partial charge < -0.3 is 14.6 Å². The third-order valence-corrected chi connectivity index (χ3v) is 3.87. The van der Waals surface area contributed by atoms with Gasteiger partial charge in [0.1, 0.15) is 5.52 Å². The number of piperazine rings is 1. The van der Waals surface area contributed by atoms with Gasteiger partial charge in [-0.05, 0) is 31.0 Å². The molecular formula is C14H18ClN3O. The molecule has 19 heavy (non-hydrogen) atoms. The molecule has 0 aliphatic carbocycles. The summed E-state index contributed by atoms with van der Waals surface area (Å²) in [6.45, 7) is 7.11. The van der Waals surface area contributed by atoms with Crippen LogP contribution in [-0.2, 0) is 6.42 Å². The molecule has 5 heteroatoms. The van der Waals surface area contributed by atoms with Gasteiger partial charge in [-0.15, -0.1) is 0 Å². The molecule has 3 rings (SSSR count). The topological polar surface area (TPSA) is 41.3 Å². The molecule has 1 atom stereocenters. The molecule has 1 N–H and O–H groups in total. The number of nitrogens with zero attached hydrogens (tertiary/aromatic N) is 2. The summed E-state index contributed by atoms with van der Waals surface area (Å²) >= 11 is 6.12. The average molecular weight is 280 g/mol. The second kappa shape index (κ2) is 5.02. The molecule has 0 amide bonds. The van der Waals surface area contributed by atoms with E-state index in [1.165, 1.54) is 0 Å². The van der Waals surface area contributed by atoms with Gasteiger partial charge in [0, 0.05) is 30.7 Å². The van der Waals surface area contributed by atoms with E-state index in [0.717, 1.165) is 47.7 Å². The minimum absolute atomic E-state index is 0.391. The van der Waals surface area contributed by atoms with Crippen LogP contribution in [0.1, 0.15) is 19.4 Å². The van der Waals surface area contributed by atoms with Crippen molar-refractivity contribution < 1.29 is 4.42 Å². The van der Waals surface area contributed by atoms with Crippen molar-refractivity contribution in [3.63, 3.8) is 0 Å². The van der Waals surface area contributed by atoms with E-state index in [1.54, 1.807) is 0 Å². The van der Waals surface area contributed by atoms with Crippen LogP contribution in [0.15, 0.2) is 16.5 Å². The number of hydrogen-bond donors (Lipinski definition) is 1. The molecule has 1 aromatic heterocycles. The lowest BCUT2D eigenvalue weighted by molar-refractivity contribution is 0.455. The number of anilines is 1. The summed E-state index contributed by atoms with van der Waals surface area (Å²) < 4.78 is 5.98. The van der Waals surface area contributed by atoms with Crippen LogP contribution in [0.5, 0.6) is 0 Å². The standard InChI is InChI=1S/C14H18ClN3O/c1-3-10-6-11(15)7-12-13(10)19-14(17-12)18-5-4-16-8-9(18)2/h6-7,9,16H,3-5,8H2,1-2H3/t9-/m0/s1. The van der Waals surface area contributed by atoms with Crippen LogP contribution in [0.25, 0.3) is 11.1 Å². The zero-order valence-electron chi connectivity index (χ0n) is 11.2. The maximum Gasteiger partial charge on any atom is 0.298 e. The Hall–Kier alpha value is -1.26. The van der Waals surface area contributed by atoms with Crippen molar-refractivity contribution in [1.29, 1.82) is 0 Å². The van der Waals surface area contributed by atoms with Crippen molar-refractivity contribution in [3.05, 3.63) is 22.7 Å². The van der Waals surface area contributed by atoms with Gasteiger partial charge in [0.15, 0.2) is 5.58 Å². The molecule has 0 radical (unpaired) electrons. The Morgan fingerprint density at radius 1 is 1.53 bits per heavy atom. The molecule has 0 unspecified atom stereocenters. The van der Waals surface area contributed by atoms with E-state index in [1.807, 2.05) is 12.1 Å². The van der Waals surface area contributed by atoms with Crippen molar-refractivity contribution in [1.82, 2.24) is 10.3 Å². The molecule has 1 aliphatic rings. The zero-order valence-corrected chi connectivity index (χ0v) is 12.0. The van der Waals surface area contributed by atoms with E-state index in [4.69, 9.17) is 16.0 Å². The maximum atomic E-state index is 6.12. The first-order chi connectivity index (χ1) is 9.19. The normalized spacial score (nSPS) is 20.2. The summed E-state index contributed by atoms with van der Waals surface area (Å²) in [7, 11) is 0. The van der Waals surface area contributed by atoms with Crippen molar-refractivity contribution in [2.75, 3.05) is 24.5 Å². The van der Waals surface area contributed by atoms with Gasteiger partial charge in [-0.2, -0.15) is 4.98 Å². The van der Waals surface area contributed by atoms with Gasteiger partial charge in [0.05, 0.1) is 0 Å². The number of hydrogen-bond acceptors (Lipinski definition) is 4. The molecule has 0 bridgehead atoms. The van der Waals surface area contributed by atoms with Gasteiger partial charge in [0.25, 0.3) is 6.01 Å². The highest BCUT2D eigenvalue weighted by atomic mass is 35.5. The molecule has 1 fully saturated rings. The van der Waals surface area contributed by atoms with Gasteiger partial charge in [0.2, 0.25) is 0 Å². The summed E-state index contributed by atoms with van der Waals surface area (Å²) in [5.74, 6) is 0. The molecule has 2 aromatic rings. The van der Waals surface area contributed by atoms with Crippen LogP contribution in [-0.4, -0.2) is 30.7 Å². The summed E-state index contributed by atoms with van der Waals surface area (Å²) in [5.41, 5.74) is 2.83. The lowest BCUT2D eigenvalue weighted by Gasteiger charge is -2.32. The Morgan fingerprint density at radius 3 is 3.11 bits per heavy atom. The summed E-state index contributed by atoms with van der Waals surface area (Å²) in [5, 5.41) is 4.09. The molecule has 0 spiro atoms. The van der Waals surface area contributed by atoms with E-state index in [2.05, 4.69) is 29.0 Å². The minimum Gasteiger partial charge on any atom is -0.423 e. The lowest BCUT2D eigenvalue weighted by atomic mass is 10.1. The number of benzene rings is 1. The highest BCUT2D eigenvalue weighted by molar-refractivity contribution is 6.31. The zero-order chi connectivity index (χ0) is 13.4. The Bertz CT molecular complexity index is 596.